The number of hydrogen-bond donors (Lipinski definition) is 1. The van der Waals surface area contributed by atoms with Crippen molar-refractivity contribution in [3.63, 3.8) is 0 Å². The van der Waals surface area contributed by atoms with Gasteiger partial charge in [-0.15, -0.1) is 0 Å². The highest BCUT2D eigenvalue weighted by molar-refractivity contribution is 7.89. The van der Waals surface area contributed by atoms with E-state index in [0.717, 1.165) is 37.7 Å². The molecule has 1 aromatic heterocycles. The van der Waals surface area contributed by atoms with Crippen LogP contribution in [0.4, 0.5) is 0 Å². The van der Waals surface area contributed by atoms with Crippen LogP contribution in [0.2, 0.25) is 0 Å². The molecule has 0 saturated carbocycles. The van der Waals surface area contributed by atoms with Crippen LogP contribution in [-0.4, -0.2) is 31.7 Å². The number of fused-ring (bicyclic) bond motifs is 2. The first-order valence-electron chi connectivity index (χ1n) is 11.8. The number of piperidine rings is 1. The fourth-order valence-electron chi connectivity index (χ4n) is 5.08. The molecule has 3 aromatic rings. The average Bonchev–Trinajstić information content (AvgIpc) is 3.15. The lowest BCUT2D eigenvalue weighted by Crippen LogP contribution is -2.37. The molecule has 5 rings (SSSR count). The molecule has 1 N–H and O–H groups in total. The van der Waals surface area contributed by atoms with E-state index in [4.69, 9.17) is 4.42 Å². The lowest BCUT2D eigenvalue weighted by molar-refractivity contribution is 0.0906. The zero-order valence-corrected chi connectivity index (χ0v) is 20.0. The molecule has 174 valence electrons. The summed E-state index contributed by atoms with van der Waals surface area (Å²) in [4.78, 5) is 13.4. The molecule has 0 unspecified atom stereocenters. The molecule has 2 heterocycles. The highest BCUT2D eigenvalue weighted by Crippen LogP contribution is 2.33. The van der Waals surface area contributed by atoms with Crippen LogP contribution in [0.15, 0.2) is 51.8 Å². The van der Waals surface area contributed by atoms with Crippen molar-refractivity contribution in [3.05, 3.63) is 64.9 Å². The summed E-state index contributed by atoms with van der Waals surface area (Å²) in [6, 6.07) is 13.1. The molecular formula is C26H30N2O4S. The Morgan fingerprint density at radius 3 is 2.64 bits per heavy atom. The van der Waals surface area contributed by atoms with Gasteiger partial charge >= 0.3 is 0 Å². The fourth-order valence-corrected chi connectivity index (χ4v) is 6.58. The number of hydrogen-bond acceptors (Lipinski definition) is 4. The Kier molecular flexibility index (Phi) is 5.79. The number of amides is 1. The van der Waals surface area contributed by atoms with Gasteiger partial charge in [0.25, 0.3) is 5.91 Å². The van der Waals surface area contributed by atoms with Crippen molar-refractivity contribution in [2.24, 2.45) is 5.92 Å². The minimum atomic E-state index is -3.57. The van der Waals surface area contributed by atoms with E-state index in [1.807, 2.05) is 19.1 Å². The van der Waals surface area contributed by atoms with Gasteiger partial charge in [-0.1, -0.05) is 31.2 Å². The maximum Gasteiger partial charge on any atom is 0.287 e. The van der Waals surface area contributed by atoms with Gasteiger partial charge in [0.2, 0.25) is 10.0 Å². The van der Waals surface area contributed by atoms with Crippen molar-refractivity contribution in [1.29, 1.82) is 0 Å². The number of sulfonamides is 1. The summed E-state index contributed by atoms with van der Waals surface area (Å²) < 4.78 is 33.8. The molecule has 0 bridgehead atoms. The molecule has 1 amide bonds. The average molecular weight is 467 g/mol. The zero-order chi connectivity index (χ0) is 23.2. The normalized spacial score (nSPS) is 20.0. The second kappa shape index (κ2) is 8.61. The summed E-state index contributed by atoms with van der Waals surface area (Å²) in [6.07, 6.45) is 4.69. The quantitative estimate of drug-likeness (QED) is 0.589. The van der Waals surface area contributed by atoms with E-state index in [0.29, 0.717) is 35.5 Å². The van der Waals surface area contributed by atoms with Gasteiger partial charge in [0.1, 0.15) is 5.58 Å². The van der Waals surface area contributed by atoms with Crippen LogP contribution in [0.25, 0.3) is 11.0 Å². The van der Waals surface area contributed by atoms with E-state index < -0.39 is 10.0 Å². The number of aryl methyl sites for hydroxylation is 2. The molecule has 2 aliphatic rings. The van der Waals surface area contributed by atoms with Gasteiger partial charge < -0.3 is 9.73 Å². The molecule has 0 radical (unpaired) electrons. The Morgan fingerprint density at radius 1 is 1.09 bits per heavy atom. The van der Waals surface area contributed by atoms with Crippen LogP contribution in [0.3, 0.4) is 0 Å². The lowest BCUT2D eigenvalue weighted by Gasteiger charge is -2.29. The predicted octanol–water partition coefficient (Wildman–Crippen LogP) is 4.97. The second-order valence-electron chi connectivity index (χ2n) is 9.42. The van der Waals surface area contributed by atoms with Crippen LogP contribution < -0.4 is 5.32 Å². The van der Waals surface area contributed by atoms with Crippen molar-refractivity contribution in [1.82, 2.24) is 9.62 Å². The molecule has 6 nitrogen and oxygen atoms in total. The summed E-state index contributed by atoms with van der Waals surface area (Å²) in [5.74, 6) is 0.529. The van der Waals surface area contributed by atoms with E-state index >= 15 is 0 Å². The van der Waals surface area contributed by atoms with Crippen LogP contribution in [0.5, 0.6) is 0 Å². The predicted molar refractivity (Wildman–Crippen MR) is 128 cm³/mol. The number of benzene rings is 2. The first kappa shape index (κ1) is 22.2. The summed E-state index contributed by atoms with van der Waals surface area (Å²) >= 11 is 0. The number of nitrogens with zero attached hydrogens (tertiary/aromatic N) is 1. The lowest BCUT2D eigenvalue weighted by atomic mass is 9.87. The highest BCUT2D eigenvalue weighted by Gasteiger charge is 2.30. The van der Waals surface area contributed by atoms with Crippen molar-refractivity contribution in [3.8, 4) is 0 Å². The van der Waals surface area contributed by atoms with Crippen molar-refractivity contribution in [2.75, 3.05) is 13.1 Å². The first-order valence-corrected chi connectivity index (χ1v) is 13.2. The highest BCUT2D eigenvalue weighted by atomic mass is 32.2. The first-order chi connectivity index (χ1) is 15.8. The summed E-state index contributed by atoms with van der Waals surface area (Å²) in [5.41, 5.74) is 3.62. The Bertz CT molecular complexity index is 1300. The maximum atomic E-state index is 13.2. The Balaban J connectivity index is 1.42. The maximum absolute atomic E-state index is 13.2. The molecule has 7 heteroatoms. The Hall–Kier alpha value is -2.64. The summed E-state index contributed by atoms with van der Waals surface area (Å²) in [7, 11) is -3.57. The molecule has 33 heavy (non-hydrogen) atoms. The van der Waals surface area contributed by atoms with E-state index in [2.05, 4.69) is 24.4 Å². The molecule has 1 atom stereocenters. The molecule has 2 aromatic carbocycles. The largest absolute Gasteiger partial charge is 0.451 e. The van der Waals surface area contributed by atoms with Crippen molar-refractivity contribution < 1.29 is 17.6 Å². The molecule has 1 aliphatic heterocycles. The molecule has 1 fully saturated rings. The standard InChI is InChI=1S/C26H30N2O4S/c1-17-12-14-28(15-13-17)33(30,31)20-10-11-24-22(16-20)18(2)25(32-24)26(29)27-23-9-5-7-19-6-3-4-8-21(19)23/h3-4,6,8,10-11,16-17,23H,5,7,9,12-15H2,1-2H3,(H,27,29)/t23-/m1/s1. The summed E-state index contributed by atoms with van der Waals surface area (Å²) in [5, 5.41) is 3.80. The van der Waals surface area contributed by atoms with E-state index in [1.165, 1.54) is 5.56 Å². The van der Waals surface area contributed by atoms with Gasteiger partial charge in [0, 0.05) is 24.0 Å². The molecule has 1 saturated heterocycles. The summed E-state index contributed by atoms with van der Waals surface area (Å²) in [6.45, 7) is 5.06. The van der Waals surface area contributed by atoms with Gasteiger partial charge in [0.15, 0.2) is 5.76 Å². The molecule has 1 aliphatic carbocycles. The number of rotatable bonds is 4. The number of carbonyl (C=O) groups is 1. The minimum Gasteiger partial charge on any atom is -0.451 e. The topological polar surface area (TPSA) is 79.6 Å². The van der Waals surface area contributed by atoms with Crippen LogP contribution in [0.1, 0.15) is 65.9 Å². The van der Waals surface area contributed by atoms with Gasteiger partial charge in [-0.25, -0.2) is 8.42 Å². The van der Waals surface area contributed by atoms with Gasteiger partial charge in [-0.05, 0) is 74.3 Å². The smallest absolute Gasteiger partial charge is 0.287 e. The number of furan rings is 1. The van der Waals surface area contributed by atoms with Crippen LogP contribution >= 0.6 is 0 Å². The molecule has 0 spiro atoms. The van der Waals surface area contributed by atoms with Gasteiger partial charge in [0.05, 0.1) is 10.9 Å². The Labute approximate surface area is 195 Å². The number of carbonyl (C=O) groups excluding carboxylic acids is 1. The zero-order valence-electron chi connectivity index (χ0n) is 19.1. The minimum absolute atomic E-state index is 0.0486. The van der Waals surface area contributed by atoms with E-state index in [9.17, 15) is 13.2 Å². The van der Waals surface area contributed by atoms with Crippen LogP contribution in [-0.2, 0) is 16.4 Å². The van der Waals surface area contributed by atoms with Crippen molar-refractivity contribution in [2.45, 2.75) is 56.9 Å². The number of nitrogens with one attached hydrogen (secondary N) is 1. The SMILES string of the molecule is Cc1c(C(=O)N[C@@H]2CCCc3ccccc32)oc2ccc(S(=O)(=O)N3CCC(C)CC3)cc12. The molecular weight excluding hydrogens is 436 g/mol. The van der Waals surface area contributed by atoms with Gasteiger partial charge in [-0.2, -0.15) is 4.31 Å². The van der Waals surface area contributed by atoms with Crippen LogP contribution in [0, 0.1) is 12.8 Å². The third-order valence-corrected chi connectivity index (χ3v) is 9.06. The second-order valence-corrected chi connectivity index (χ2v) is 11.4. The third-order valence-electron chi connectivity index (χ3n) is 7.17. The monoisotopic (exact) mass is 466 g/mol. The van der Waals surface area contributed by atoms with Gasteiger partial charge in [-0.3, -0.25) is 4.79 Å². The fraction of sp³-hybridized carbons (Fsp3) is 0.423. The van der Waals surface area contributed by atoms with E-state index in [-0.39, 0.29) is 22.6 Å². The van der Waals surface area contributed by atoms with Crippen molar-refractivity contribution >= 4 is 26.9 Å². The third kappa shape index (κ3) is 4.08. The van der Waals surface area contributed by atoms with E-state index in [1.54, 1.807) is 22.5 Å². The Morgan fingerprint density at radius 2 is 1.85 bits per heavy atom.